The molecule has 4 heteroatoms. The summed E-state index contributed by atoms with van der Waals surface area (Å²) in [6.45, 7) is 3.92. The second kappa shape index (κ2) is 9.16. The van der Waals surface area contributed by atoms with E-state index in [9.17, 15) is 13.2 Å². The van der Waals surface area contributed by atoms with E-state index in [1.54, 1.807) is 56.3 Å². The zero-order chi connectivity index (χ0) is 20.8. The van der Waals surface area contributed by atoms with E-state index in [0.29, 0.717) is 17.7 Å². The van der Waals surface area contributed by atoms with Crippen LogP contribution in [0.4, 0.5) is 13.2 Å². The van der Waals surface area contributed by atoms with Crippen LogP contribution in [0.25, 0.3) is 17.2 Å². The van der Waals surface area contributed by atoms with Crippen LogP contribution >= 0.6 is 0 Å². The average molecular weight is 392 g/mol. The van der Waals surface area contributed by atoms with E-state index < -0.39 is 17.5 Å². The lowest BCUT2D eigenvalue weighted by Gasteiger charge is -2.07. The van der Waals surface area contributed by atoms with Crippen LogP contribution in [0, 0.1) is 29.3 Å². The molecule has 0 aliphatic heterocycles. The van der Waals surface area contributed by atoms with E-state index in [1.807, 2.05) is 0 Å². The molecule has 3 aromatic carbocycles. The van der Waals surface area contributed by atoms with Gasteiger partial charge in [-0.1, -0.05) is 48.3 Å². The lowest BCUT2D eigenvalue weighted by molar-refractivity contribution is 0.321. The summed E-state index contributed by atoms with van der Waals surface area (Å²) in [4.78, 5) is 0. The van der Waals surface area contributed by atoms with Crippen LogP contribution in [-0.4, -0.2) is 6.61 Å². The maximum Gasteiger partial charge on any atom is 0.175 e. The van der Waals surface area contributed by atoms with E-state index >= 15 is 0 Å². The Morgan fingerprint density at radius 3 is 2.24 bits per heavy atom. The molecule has 0 amide bonds. The highest BCUT2D eigenvalue weighted by Crippen LogP contribution is 2.26. The first kappa shape index (κ1) is 20.3. The van der Waals surface area contributed by atoms with E-state index in [4.69, 9.17) is 4.74 Å². The lowest BCUT2D eigenvalue weighted by atomic mass is 10.0. The normalized spacial score (nSPS) is 10.7. The van der Waals surface area contributed by atoms with Gasteiger partial charge in [-0.15, -0.1) is 0 Å². The van der Waals surface area contributed by atoms with Crippen LogP contribution in [0.2, 0.25) is 0 Å². The first-order valence-corrected chi connectivity index (χ1v) is 9.19. The summed E-state index contributed by atoms with van der Waals surface area (Å²) < 4.78 is 47.4. The zero-order valence-electron chi connectivity index (χ0n) is 16.1. The summed E-state index contributed by atoms with van der Waals surface area (Å²) in [5, 5.41) is 0. The Labute approximate surface area is 168 Å². The Bertz CT molecular complexity index is 1100. The van der Waals surface area contributed by atoms with E-state index in [2.05, 4.69) is 11.8 Å². The van der Waals surface area contributed by atoms with Gasteiger partial charge in [-0.25, -0.2) is 13.2 Å². The Hall–Kier alpha value is -3.45. The quantitative estimate of drug-likeness (QED) is 0.455. The molecule has 0 radical (unpaired) electrons. The molecule has 0 fully saturated rings. The maximum absolute atomic E-state index is 14.1. The van der Waals surface area contributed by atoms with Crippen LogP contribution < -0.4 is 4.74 Å². The monoisotopic (exact) mass is 392 g/mol. The smallest absolute Gasteiger partial charge is 0.175 e. The topological polar surface area (TPSA) is 9.23 Å². The highest BCUT2D eigenvalue weighted by Gasteiger charge is 2.10. The van der Waals surface area contributed by atoms with Gasteiger partial charge in [0.15, 0.2) is 23.2 Å². The van der Waals surface area contributed by atoms with Gasteiger partial charge in [-0.2, -0.15) is 0 Å². The summed E-state index contributed by atoms with van der Waals surface area (Å²) in [6.07, 6.45) is 3.14. The van der Waals surface area contributed by atoms with Crippen molar-refractivity contribution in [3.05, 3.63) is 94.8 Å². The molecule has 29 heavy (non-hydrogen) atoms. The lowest BCUT2D eigenvalue weighted by Crippen LogP contribution is -1.94. The van der Waals surface area contributed by atoms with Gasteiger partial charge in [0.2, 0.25) is 0 Å². The van der Waals surface area contributed by atoms with Crippen molar-refractivity contribution in [1.29, 1.82) is 0 Å². The van der Waals surface area contributed by atoms with Gasteiger partial charge in [0.05, 0.1) is 12.2 Å². The van der Waals surface area contributed by atoms with Gasteiger partial charge < -0.3 is 4.74 Å². The molecule has 0 saturated heterocycles. The first-order chi connectivity index (χ1) is 14.0. The van der Waals surface area contributed by atoms with E-state index in [-0.39, 0.29) is 16.9 Å². The van der Waals surface area contributed by atoms with Crippen molar-refractivity contribution in [1.82, 2.24) is 0 Å². The van der Waals surface area contributed by atoms with Gasteiger partial charge in [0, 0.05) is 11.1 Å². The standard InChI is InChI=1S/C25H19F3O/c1-3-5-19-12-13-20(25(28)24(19)27)11-8-17-6-9-18(10-7-17)21-14-15-23(29-4-2)22(26)16-21/h3,5-7,9-10,12-16H,4H2,1-2H3. The third-order valence-corrected chi connectivity index (χ3v) is 4.25. The number of halogens is 3. The molecule has 3 rings (SSSR count). The molecule has 0 atom stereocenters. The zero-order valence-corrected chi connectivity index (χ0v) is 16.1. The highest BCUT2D eigenvalue weighted by atomic mass is 19.2. The van der Waals surface area contributed by atoms with Gasteiger partial charge in [-0.3, -0.25) is 0 Å². The summed E-state index contributed by atoms with van der Waals surface area (Å²) >= 11 is 0. The van der Waals surface area contributed by atoms with E-state index in [0.717, 1.165) is 5.56 Å². The predicted molar refractivity (Wildman–Crippen MR) is 110 cm³/mol. The van der Waals surface area contributed by atoms with Crippen LogP contribution in [0.3, 0.4) is 0 Å². The fourth-order valence-electron chi connectivity index (χ4n) is 2.81. The van der Waals surface area contributed by atoms with Gasteiger partial charge in [0.25, 0.3) is 0 Å². The molecular weight excluding hydrogens is 373 g/mol. The second-order valence-electron chi connectivity index (χ2n) is 6.24. The maximum atomic E-state index is 14.1. The molecule has 0 aromatic heterocycles. The minimum atomic E-state index is -0.963. The fourth-order valence-corrected chi connectivity index (χ4v) is 2.81. The first-order valence-electron chi connectivity index (χ1n) is 9.19. The molecule has 1 nitrogen and oxygen atoms in total. The fraction of sp³-hybridized carbons (Fsp3) is 0.120. The number of hydrogen-bond donors (Lipinski definition) is 0. The number of allylic oxidation sites excluding steroid dienone is 1. The Balaban J connectivity index is 1.82. The van der Waals surface area contributed by atoms with Crippen molar-refractivity contribution in [3.8, 4) is 28.7 Å². The number of ether oxygens (including phenoxy) is 1. The third-order valence-electron chi connectivity index (χ3n) is 4.25. The number of rotatable bonds is 4. The second-order valence-corrected chi connectivity index (χ2v) is 6.24. The van der Waals surface area contributed by atoms with Crippen molar-refractivity contribution in [2.75, 3.05) is 6.61 Å². The molecule has 0 aliphatic carbocycles. The van der Waals surface area contributed by atoms with Crippen molar-refractivity contribution in [3.63, 3.8) is 0 Å². The molecule has 0 N–H and O–H groups in total. The SMILES string of the molecule is CC=Cc1ccc(C#Cc2ccc(-c3ccc(OCC)c(F)c3)cc2)c(F)c1F. The molecule has 0 heterocycles. The molecule has 0 aliphatic rings. The van der Waals surface area contributed by atoms with E-state index in [1.165, 1.54) is 24.3 Å². The van der Waals surface area contributed by atoms with Gasteiger partial charge in [0.1, 0.15) is 0 Å². The molecular formula is C25H19F3O. The summed E-state index contributed by atoms with van der Waals surface area (Å²) in [7, 11) is 0. The molecule has 0 unspecified atom stereocenters. The highest BCUT2D eigenvalue weighted by molar-refractivity contribution is 5.65. The Morgan fingerprint density at radius 2 is 1.59 bits per heavy atom. The van der Waals surface area contributed by atoms with Crippen LogP contribution in [-0.2, 0) is 0 Å². The molecule has 3 aromatic rings. The van der Waals surface area contributed by atoms with Crippen LogP contribution in [0.1, 0.15) is 30.5 Å². The van der Waals surface area contributed by atoms with Crippen molar-refractivity contribution < 1.29 is 17.9 Å². The van der Waals surface area contributed by atoms with Crippen molar-refractivity contribution in [2.24, 2.45) is 0 Å². The minimum Gasteiger partial charge on any atom is -0.491 e. The summed E-state index contributed by atoms with van der Waals surface area (Å²) in [5.41, 5.74) is 2.33. The van der Waals surface area contributed by atoms with Crippen molar-refractivity contribution in [2.45, 2.75) is 13.8 Å². The van der Waals surface area contributed by atoms with Gasteiger partial charge >= 0.3 is 0 Å². The predicted octanol–water partition coefficient (Wildman–Crippen LogP) is 6.60. The summed E-state index contributed by atoms with van der Waals surface area (Å²) in [5.74, 6) is 3.41. The number of benzene rings is 3. The molecule has 0 spiro atoms. The Morgan fingerprint density at radius 1 is 0.862 bits per heavy atom. The largest absolute Gasteiger partial charge is 0.491 e. The molecule has 0 bridgehead atoms. The third kappa shape index (κ3) is 4.70. The van der Waals surface area contributed by atoms with Crippen molar-refractivity contribution >= 4 is 6.08 Å². The van der Waals surface area contributed by atoms with Gasteiger partial charge in [-0.05, 0) is 55.3 Å². The minimum absolute atomic E-state index is 0.00610. The average Bonchev–Trinajstić information content (AvgIpc) is 2.73. The summed E-state index contributed by atoms with van der Waals surface area (Å²) in [6, 6.07) is 14.8. The number of hydrogen-bond acceptors (Lipinski definition) is 1. The van der Waals surface area contributed by atoms with Crippen LogP contribution in [0.5, 0.6) is 5.75 Å². The molecule has 146 valence electrons. The molecule has 0 saturated carbocycles. The van der Waals surface area contributed by atoms with Crippen LogP contribution in [0.15, 0.2) is 60.7 Å². The Kier molecular flexibility index (Phi) is 6.41.